The Hall–Kier alpha value is -2.67. The zero-order valence-electron chi connectivity index (χ0n) is 16.3. The second-order valence-electron chi connectivity index (χ2n) is 6.17. The van der Waals surface area contributed by atoms with Gasteiger partial charge in [0.2, 0.25) is 11.8 Å². The quantitative estimate of drug-likeness (QED) is 0.807. The van der Waals surface area contributed by atoms with Crippen molar-refractivity contribution in [2.24, 2.45) is 10.7 Å². The van der Waals surface area contributed by atoms with Gasteiger partial charge in [0.15, 0.2) is 5.17 Å². The standard InChI is InChI=1S/C19H18FN3O2S.C2H6/c1-11(14-8-3-4-9-15(14)20)22-18-23-17(25)19(2,26-18)13-7-5-6-12(10-13)16(21)24;1-2/h3-11H,1-2H3,(H2,21,24)(H,22,23,25);1-2H3/t11-,19?;/m0./s1. The lowest BCUT2D eigenvalue weighted by molar-refractivity contribution is -0.121. The largest absolute Gasteiger partial charge is 0.366 e. The lowest BCUT2D eigenvalue weighted by Gasteiger charge is -2.19. The lowest BCUT2D eigenvalue weighted by atomic mass is 9.97. The summed E-state index contributed by atoms with van der Waals surface area (Å²) in [5.74, 6) is -1.14. The summed E-state index contributed by atoms with van der Waals surface area (Å²) in [5, 5.41) is 3.16. The van der Waals surface area contributed by atoms with E-state index >= 15 is 0 Å². The number of rotatable bonds is 4. The van der Waals surface area contributed by atoms with E-state index in [1.165, 1.54) is 17.8 Å². The first-order valence-corrected chi connectivity index (χ1v) is 9.86. The molecule has 2 aromatic rings. The van der Waals surface area contributed by atoms with Crippen LogP contribution in [0.1, 0.15) is 55.2 Å². The number of primary amides is 1. The molecule has 1 unspecified atom stereocenters. The minimum atomic E-state index is -0.945. The second kappa shape index (κ2) is 9.01. The minimum absolute atomic E-state index is 0.247. The first-order valence-electron chi connectivity index (χ1n) is 9.04. The molecule has 2 atom stereocenters. The average molecular weight is 402 g/mol. The molecule has 1 fully saturated rings. The first-order chi connectivity index (χ1) is 13.3. The first kappa shape index (κ1) is 21.6. The van der Waals surface area contributed by atoms with Crippen molar-refractivity contribution in [1.82, 2.24) is 5.32 Å². The van der Waals surface area contributed by atoms with E-state index in [1.54, 1.807) is 56.3 Å². The number of aliphatic imine (C=N–C) groups is 1. The van der Waals surface area contributed by atoms with Gasteiger partial charge in [-0.05, 0) is 37.6 Å². The molecule has 0 saturated carbocycles. The maximum absolute atomic E-state index is 13.9. The van der Waals surface area contributed by atoms with Crippen LogP contribution in [0.25, 0.3) is 0 Å². The number of nitrogens with one attached hydrogen (secondary N) is 1. The van der Waals surface area contributed by atoms with Crippen LogP contribution in [-0.2, 0) is 9.54 Å². The Morgan fingerprint density at radius 3 is 2.54 bits per heavy atom. The molecule has 3 N–H and O–H groups in total. The van der Waals surface area contributed by atoms with Crippen molar-refractivity contribution in [3.63, 3.8) is 0 Å². The van der Waals surface area contributed by atoms with Crippen LogP contribution in [0.15, 0.2) is 53.5 Å². The van der Waals surface area contributed by atoms with Gasteiger partial charge in [0, 0.05) is 11.1 Å². The highest BCUT2D eigenvalue weighted by Gasteiger charge is 2.44. The van der Waals surface area contributed by atoms with Crippen LogP contribution in [0.5, 0.6) is 0 Å². The molecule has 0 spiro atoms. The molecule has 1 aliphatic rings. The maximum atomic E-state index is 13.9. The zero-order valence-corrected chi connectivity index (χ0v) is 17.1. The number of nitrogens with two attached hydrogens (primary N) is 1. The van der Waals surface area contributed by atoms with Gasteiger partial charge < -0.3 is 11.1 Å². The van der Waals surface area contributed by atoms with E-state index in [1.807, 2.05) is 13.8 Å². The fourth-order valence-corrected chi connectivity index (χ4v) is 3.89. The molecule has 7 heteroatoms. The molecular formula is C21H24FN3O2S. The highest BCUT2D eigenvalue weighted by Crippen LogP contribution is 2.42. The molecule has 1 aliphatic heterocycles. The maximum Gasteiger partial charge on any atom is 0.248 e. The smallest absolute Gasteiger partial charge is 0.248 e. The molecule has 0 bridgehead atoms. The highest BCUT2D eigenvalue weighted by molar-refractivity contribution is 8.15. The van der Waals surface area contributed by atoms with Gasteiger partial charge in [0.05, 0.1) is 6.04 Å². The molecule has 148 valence electrons. The number of amidine groups is 1. The average Bonchev–Trinajstić information content (AvgIpc) is 2.98. The van der Waals surface area contributed by atoms with Gasteiger partial charge >= 0.3 is 0 Å². The topological polar surface area (TPSA) is 84.6 Å². The van der Waals surface area contributed by atoms with E-state index in [2.05, 4.69) is 10.3 Å². The van der Waals surface area contributed by atoms with Crippen molar-refractivity contribution in [3.8, 4) is 0 Å². The van der Waals surface area contributed by atoms with Crippen molar-refractivity contribution >= 4 is 28.7 Å². The number of benzene rings is 2. The van der Waals surface area contributed by atoms with Crippen LogP contribution in [0.2, 0.25) is 0 Å². The Bertz CT molecular complexity index is 916. The van der Waals surface area contributed by atoms with Gasteiger partial charge in [-0.3, -0.25) is 14.6 Å². The van der Waals surface area contributed by atoms with E-state index in [9.17, 15) is 14.0 Å². The van der Waals surface area contributed by atoms with Gasteiger partial charge in [0.25, 0.3) is 0 Å². The number of hydrogen-bond acceptors (Lipinski definition) is 4. The molecule has 0 aliphatic carbocycles. The third-order valence-corrected chi connectivity index (χ3v) is 5.55. The van der Waals surface area contributed by atoms with Gasteiger partial charge in [-0.1, -0.05) is 55.9 Å². The monoisotopic (exact) mass is 401 g/mol. The van der Waals surface area contributed by atoms with Crippen molar-refractivity contribution in [1.29, 1.82) is 0 Å². The third-order valence-electron chi connectivity index (χ3n) is 4.32. The molecule has 0 aromatic heterocycles. The Morgan fingerprint density at radius 1 is 1.21 bits per heavy atom. The van der Waals surface area contributed by atoms with Gasteiger partial charge in [-0.15, -0.1) is 0 Å². The Balaban J connectivity index is 0.00000136. The molecule has 1 heterocycles. The molecule has 1 saturated heterocycles. The summed E-state index contributed by atoms with van der Waals surface area (Å²) >= 11 is 1.24. The van der Waals surface area contributed by atoms with Gasteiger partial charge in [-0.2, -0.15) is 0 Å². The Morgan fingerprint density at radius 2 is 1.89 bits per heavy atom. The second-order valence-corrected chi connectivity index (χ2v) is 7.57. The molecule has 0 radical (unpaired) electrons. The van der Waals surface area contributed by atoms with Crippen LogP contribution in [0.4, 0.5) is 4.39 Å². The van der Waals surface area contributed by atoms with Crippen LogP contribution >= 0.6 is 11.8 Å². The zero-order chi connectivity index (χ0) is 20.9. The lowest BCUT2D eigenvalue weighted by Crippen LogP contribution is -2.32. The van der Waals surface area contributed by atoms with Crippen LogP contribution in [0.3, 0.4) is 0 Å². The predicted molar refractivity (Wildman–Crippen MR) is 112 cm³/mol. The van der Waals surface area contributed by atoms with Crippen LogP contribution in [-0.4, -0.2) is 17.0 Å². The summed E-state index contributed by atoms with van der Waals surface area (Å²) in [6.45, 7) is 7.52. The Labute approximate surface area is 168 Å². The fourth-order valence-electron chi connectivity index (χ4n) is 2.76. The summed E-state index contributed by atoms with van der Waals surface area (Å²) < 4.78 is 13.0. The molecular weight excluding hydrogens is 377 g/mol. The van der Waals surface area contributed by atoms with Crippen molar-refractivity contribution in [2.45, 2.75) is 38.5 Å². The summed E-state index contributed by atoms with van der Waals surface area (Å²) in [6.07, 6.45) is 0. The van der Waals surface area contributed by atoms with Crippen molar-refractivity contribution < 1.29 is 14.0 Å². The summed E-state index contributed by atoms with van der Waals surface area (Å²) in [6, 6.07) is 12.6. The number of nitrogens with zero attached hydrogens (tertiary/aromatic N) is 1. The number of carbonyl (C=O) groups is 2. The highest BCUT2D eigenvalue weighted by atomic mass is 32.2. The van der Waals surface area contributed by atoms with E-state index in [4.69, 9.17) is 5.73 Å². The minimum Gasteiger partial charge on any atom is -0.366 e. The van der Waals surface area contributed by atoms with E-state index < -0.39 is 16.7 Å². The normalized spacial score (nSPS) is 20.9. The van der Waals surface area contributed by atoms with Crippen LogP contribution in [0, 0.1) is 5.82 Å². The van der Waals surface area contributed by atoms with E-state index in [0.29, 0.717) is 21.9 Å². The fraction of sp³-hybridized carbons (Fsp3) is 0.286. The SMILES string of the molecule is CC.C[C@H](N=C1NC(=O)C(C)(c2cccc(C(N)=O)c2)S1)c1ccccc1F. The van der Waals surface area contributed by atoms with Crippen molar-refractivity contribution in [3.05, 3.63) is 71.0 Å². The number of thioether (sulfide) groups is 1. The van der Waals surface area contributed by atoms with E-state index in [-0.39, 0.29) is 11.7 Å². The third kappa shape index (κ3) is 4.42. The molecule has 2 amide bonds. The number of carbonyl (C=O) groups excluding carboxylic acids is 2. The number of halogens is 1. The van der Waals surface area contributed by atoms with E-state index in [0.717, 1.165) is 0 Å². The molecule has 2 aromatic carbocycles. The van der Waals surface area contributed by atoms with Crippen molar-refractivity contribution in [2.75, 3.05) is 0 Å². The van der Waals surface area contributed by atoms with Gasteiger partial charge in [0.1, 0.15) is 10.6 Å². The molecule has 5 nitrogen and oxygen atoms in total. The summed E-state index contributed by atoms with van der Waals surface area (Å²) in [5.41, 5.74) is 6.77. The molecule has 3 rings (SSSR count). The van der Waals surface area contributed by atoms with Crippen LogP contribution < -0.4 is 11.1 Å². The van der Waals surface area contributed by atoms with Gasteiger partial charge in [-0.25, -0.2) is 4.39 Å². The Kier molecular flexibility index (Phi) is 6.96. The summed E-state index contributed by atoms with van der Waals surface area (Å²) in [4.78, 5) is 28.4. The number of hydrogen-bond donors (Lipinski definition) is 2. The summed E-state index contributed by atoms with van der Waals surface area (Å²) in [7, 11) is 0. The predicted octanol–water partition coefficient (Wildman–Crippen LogP) is 4.15. The number of amides is 2. The molecule has 28 heavy (non-hydrogen) atoms.